The lowest BCUT2D eigenvalue weighted by Crippen LogP contribution is -2.29. The number of hydrogen-bond acceptors (Lipinski definition) is 3. The Balaban J connectivity index is 2.82. The van der Waals surface area contributed by atoms with E-state index in [1.54, 1.807) is 14.2 Å². The molecule has 0 saturated carbocycles. The van der Waals surface area contributed by atoms with Gasteiger partial charge >= 0.3 is 0 Å². The number of halogens is 1. The SMILES string of the molecule is COCCCN(CCOC)c1ccc(C)cc1CBr. The summed E-state index contributed by atoms with van der Waals surface area (Å²) in [5.41, 5.74) is 3.91. The van der Waals surface area contributed by atoms with Gasteiger partial charge in [-0.05, 0) is 25.0 Å². The van der Waals surface area contributed by atoms with Gasteiger partial charge in [0.05, 0.1) is 6.61 Å². The first-order valence-corrected chi connectivity index (χ1v) is 7.73. The van der Waals surface area contributed by atoms with E-state index in [0.717, 1.165) is 38.1 Å². The molecule has 0 aliphatic heterocycles. The fourth-order valence-electron chi connectivity index (χ4n) is 2.08. The van der Waals surface area contributed by atoms with E-state index in [9.17, 15) is 0 Å². The molecule has 0 aliphatic rings. The van der Waals surface area contributed by atoms with Gasteiger partial charge in [0.15, 0.2) is 0 Å². The highest BCUT2D eigenvalue weighted by atomic mass is 79.9. The molecule has 0 saturated heterocycles. The van der Waals surface area contributed by atoms with Crippen LogP contribution in [0.5, 0.6) is 0 Å². The van der Waals surface area contributed by atoms with Crippen molar-refractivity contribution in [1.82, 2.24) is 0 Å². The number of methoxy groups -OCH3 is 2. The summed E-state index contributed by atoms with van der Waals surface area (Å²) >= 11 is 3.58. The lowest BCUT2D eigenvalue weighted by atomic mass is 10.1. The van der Waals surface area contributed by atoms with Crippen molar-refractivity contribution in [3.05, 3.63) is 29.3 Å². The largest absolute Gasteiger partial charge is 0.385 e. The molecule has 3 nitrogen and oxygen atoms in total. The highest BCUT2D eigenvalue weighted by Crippen LogP contribution is 2.24. The smallest absolute Gasteiger partial charge is 0.0637 e. The van der Waals surface area contributed by atoms with Crippen LogP contribution >= 0.6 is 15.9 Å². The van der Waals surface area contributed by atoms with Gasteiger partial charge in [-0.15, -0.1) is 0 Å². The van der Waals surface area contributed by atoms with Gasteiger partial charge in [-0.3, -0.25) is 0 Å². The second kappa shape index (κ2) is 9.34. The minimum Gasteiger partial charge on any atom is -0.385 e. The zero-order chi connectivity index (χ0) is 14.1. The van der Waals surface area contributed by atoms with Gasteiger partial charge < -0.3 is 14.4 Å². The minimum atomic E-state index is 0.739. The average molecular weight is 330 g/mol. The van der Waals surface area contributed by atoms with Gasteiger partial charge in [0.1, 0.15) is 0 Å². The number of alkyl halides is 1. The lowest BCUT2D eigenvalue weighted by Gasteiger charge is -2.27. The standard InChI is InChI=1S/C15H24BrNO2/c1-13-5-6-15(14(11-13)12-16)17(8-10-19-3)7-4-9-18-2/h5-6,11H,4,7-10,12H2,1-3H3. The van der Waals surface area contributed by atoms with Crippen LogP contribution in [-0.4, -0.2) is 40.5 Å². The molecule has 0 amide bonds. The van der Waals surface area contributed by atoms with E-state index >= 15 is 0 Å². The Morgan fingerprint density at radius 2 is 1.84 bits per heavy atom. The van der Waals surface area contributed by atoms with Crippen molar-refractivity contribution < 1.29 is 9.47 Å². The molecule has 0 N–H and O–H groups in total. The molecule has 0 radical (unpaired) electrons. The Labute approximate surface area is 125 Å². The van der Waals surface area contributed by atoms with Crippen LogP contribution in [0.15, 0.2) is 18.2 Å². The number of benzene rings is 1. The molecule has 0 unspecified atom stereocenters. The Morgan fingerprint density at radius 1 is 1.11 bits per heavy atom. The summed E-state index contributed by atoms with van der Waals surface area (Å²) in [6.45, 7) is 5.55. The topological polar surface area (TPSA) is 21.7 Å². The average Bonchev–Trinajstić information content (AvgIpc) is 2.43. The predicted molar refractivity (Wildman–Crippen MR) is 84.4 cm³/mol. The van der Waals surface area contributed by atoms with Crippen molar-refractivity contribution in [2.75, 3.05) is 45.4 Å². The second-order valence-corrected chi connectivity index (χ2v) is 5.15. The third-order valence-corrected chi connectivity index (χ3v) is 3.67. The molecule has 0 atom stereocenters. The summed E-state index contributed by atoms with van der Waals surface area (Å²) < 4.78 is 10.4. The van der Waals surface area contributed by atoms with Gasteiger partial charge in [0.2, 0.25) is 0 Å². The molecule has 108 valence electrons. The Morgan fingerprint density at radius 3 is 2.47 bits per heavy atom. The Kier molecular flexibility index (Phi) is 8.10. The van der Waals surface area contributed by atoms with Crippen molar-refractivity contribution in [2.45, 2.75) is 18.7 Å². The molecule has 0 bridgehead atoms. The molecule has 1 aromatic carbocycles. The quantitative estimate of drug-likeness (QED) is 0.512. The second-order valence-electron chi connectivity index (χ2n) is 4.59. The van der Waals surface area contributed by atoms with E-state index in [0.29, 0.717) is 0 Å². The van der Waals surface area contributed by atoms with Crippen LogP contribution in [-0.2, 0) is 14.8 Å². The first-order valence-electron chi connectivity index (χ1n) is 6.61. The van der Waals surface area contributed by atoms with Crippen LogP contribution < -0.4 is 4.90 Å². The summed E-state index contributed by atoms with van der Waals surface area (Å²) in [6, 6.07) is 6.60. The van der Waals surface area contributed by atoms with Crippen LogP contribution in [0.3, 0.4) is 0 Å². The van der Waals surface area contributed by atoms with Crippen LogP contribution in [0, 0.1) is 6.92 Å². The summed E-state index contributed by atoms with van der Waals surface area (Å²) in [6.07, 6.45) is 1.02. The molecule has 4 heteroatoms. The van der Waals surface area contributed by atoms with Crippen LogP contribution in [0.1, 0.15) is 17.5 Å². The molecular formula is C15H24BrNO2. The van der Waals surface area contributed by atoms with Gasteiger partial charge in [-0.2, -0.15) is 0 Å². The van der Waals surface area contributed by atoms with Crippen molar-refractivity contribution in [3.63, 3.8) is 0 Å². The maximum Gasteiger partial charge on any atom is 0.0637 e. The molecular weight excluding hydrogens is 306 g/mol. The fourth-order valence-corrected chi connectivity index (χ4v) is 2.53. The number of anilines is 1. The van der Waals surface area contributed by atoms with Crippen LogP contribution in [0.4, 0.5) is 5.69 Å². The number of rotatable bonds is 9. The highest BCUT2D eigenvalue weighted by Gasteiger charge is 2.10. The summed E-state index contributed by atoms with van der Waals surface area (Å²) in [5, 5.41) is 0.873. The number of aryl methyl sites for hydroxylation is 1. The van der Waals surface area contributed by atoms with Gasteiger partial charge in [0, 0.05) is 44.9 Å². The molecule has 19 heavy (non-hydrogen) atoms. The number of nitrogens with zero attached hydrogens (tertiary/aromatic N) is 1. The Bertz CT molecular complexity index is 371. The summed E-state index contributed by atoms with van der Waals surface area (Å²) in [5.74, 6) is 0. The third-order valence-electron chi connectivity index (χ3n) is 3.06. The summed E-state index contributed by atoms with van der Waals surface area (Å²) in [4.78, 5) is 2.37. The van der Waals surface area contributed by atoms with E-state index in [-0.39, 0.29) is 0 Å². The molecule has 0 spiro atoms. The fraction of sp³-hybridized carbons (Fsp3) is 0.600. The first kappa shape index (κ1) is 16.5. The van der Waals surface area contributed by atoms with E-state index in [1.165, 1.54) is 16.8 Å². The van der Waals surface area contributed by atoms with Gasteiger partial charge in [-0.1, -0.05) is 33.6 Å². The molecule has 1 rings (SSSR count). The summed E-state index contributed by atoms with van der Waals surface area (Å²) in [7, 11) is 3.49. The van der Waals surface area contributed by atoms with Crippen molar-refractivity contribution in [2.24, 2.45) is 0 Å². The predicted octanol–water partition coefficient (Wildman–Crippen LogP) is 3.38. The zero-order valence-electron chi connectivity index (χ0n) is 12.1. The van der Waals surface area contributed by atoms with E-state index < -0.39 is 0 Å². The molecule has 0 aliphatic carbocycles. The molecule has 0 aromatic heterocycles. The lowest BCUT2D eigenvalue weighted by molar-refractivity contribution is 0.191. The maximum absolute atomic E-state index is 5.21. The minimum absolute atomic E-state index is 0.739. The molecule has 0 heterocycles. The van der Waals surface area contributed by atoms with Crippen LogP contribution in [0.2, 0.25) is 0 Å². The maximum atomic E-state index is 5.21. The molecule has 0 fully saturated rings. The molecule has 1 aromatic rings. The third kappa shape index (κ3) is 5.51. The van der Waals surface area contributed by atoms with Crippen molar-refractivity contribution >= 4 is 21.6 Å². The van der Waals surface area contributed by atoms with Gasteiger partial charge in [0.25, 0.3) is 0 Å². The monoisotopic (exact) mass is 329 g/mol. The normalized spacial score (nSPS) is 10.7. The van der Waals surface area contributed by atoms with Crippen molar-refractivity contribution in [3.8, 4) is 0 Å². The number of ether oxygens (including phenoxy) is 2. The van der Waals surface area contributed by atoms with E-state index in [1.807, 2.05) is 0 Å². The Hall–Kier alpha value is -0.580. The highest BCUT2D eigenvalue weighted by molar-refractivity contribution is 9.08. The zero-order valence-corrected chi connectivity index (χ0v) is 13.7. The van der Waals surface area contributed by atoms with E-state index in [2.05, 4.69) is 46.0 Å². The van der Waals surface area contributed by atoms with Gasteiger partial charge in [-0.25, -0.2) is 0 Å². The first-order chi connectivity index (χ1) is 9.22. The van der Waals surface area contributed by atoms with E-state index in [4.69, 9.17) is 9.47 Å². The number of hydrogen-bond donors (Lipinski definition) is 0. The van der Waals surface area contributed by atoms with Crippen LogP contribution in [0.25, 0.3) is 0 Å². The van der Waals surface area contributed by atoms with Crippen molar-refractivity contribution in [1.29, 1.82) is 0 Å².